The first kappa shape index (κ1) is 20.9. The largest absolute Gasteiger partial charge is 0.486 e. The van der Waals surface area contributed by atoms with Crippen LogP contribution in [0.1, 0.15) is 42.5 Å². The lowest BCUT2D eigenvalue weighted by atomic mass is 10.0. The number of rotatable bonds is 8. The first-order valence-corrected chi connectivity index (χ1v) is 10.9. The molecule has 8 nitrogen and oxygen atoms in total. The lowest BCUT2D eigenvalue weighted by Gasteiger charge is -2.08. The lowest BCUT2D eigenvalue weighted by molar-refractivity contribution is 0.291. The molecular weight excluding hydrogens is 412 g/mol. The van der Waals surface area contributed by atoms with Crippen molar-refractivity contribution in [3.05, 3.63) is 71.3 Å². The van der Waals surface area contributed by atoms with Crippen LogP contribution in [0.15, 0.2) is 58.2 Å². The monoisotopic (exact) mass is 436 g/mol. The van der Waals surface area contributed by atoms with Gasteiger partial charge in [0.2, 0.25) is 5.16 Å². The molecule has 0 fully saturated rings. The first-order valence-electron chi connectivity index (χ1n) is 9.94. The van der Waals surface area contributed by atoms with Gasteiger partial charge in [-0.3, -0.25) is 0 Å². The van der Waals surface area contributed by atoms with Gasteiger partial charge in [0.25, 0.3) is 5.89 Å². The third kappa shape index (κ3) is 5.05. The number of nitrogen functional groups attached to an aromatic ring is 1. The SMILES string of the molecule is Cc1ccc(-c2nc(CSc3nnc(COc4ccc(C(C)C)cc4)n3N)no2)cc1. The predicted octanol–water partition coefficient (Wildman–Crippen LogP) is 4.35. The van der Waals surface area contributed by atoms with Crippen molar-refractivity contribution in [2.24, 2.45) is 0 Å². The van der Waals surface area contributed by atoms with Crippen molar-refractivity contribution in [1.29, 1.82) is 0 Å². The van der Waals surface area contributed by atoms with Gasteiger partial charge in [-0.15, -0.1) is 10.2 Å². The number of aromatic nitrogens is 5. The molecule has 2 heterocycles. The molecule has 160 valence electrons. The molecule has 0 saturated carbocycles. The van der Waals surface area contributed by atoms with Crippen LogP contribution in [-0.2, 0) is 12.4 Å². The number of hydrogen-bond donors (Lipinski definition) is 1. The van der Waals surface area contributed by atoms with E-state index < -0.39 is 0 Å². The van der Waals surface area contributed by atoms with E-state index in [-0.39, 0.29) is 6.61 Å². The van der Waals surface area contributed by atoms with Crippen LogP contribution in [-0.4, -0.2) is 25.0 Å². The maximum Gasteiger partial charge on any atom is 0.257 e. The molecule has 0 radical (unpaired) electrons. The van der Waals surface area contributed by atoms with Gasteiger partial charge in [0, 0.05) is 5.56 Å². The minimum absolute atomic E-state index is 0.227. The summed E-state index contributed by atoms with van der Waals surface area (Å²) in [7, 11) is 0. The highest BCUT2D eigenvalue weighted by Crippen LogP contribution is 2.23. The van der Waals surface area contributed by atoms with Crippen LogP contribution >= 0.6 is 11.8 Å². The average molecular weight is 437 g/mol. The Morgan fingerprint density at radius 1 is 1.06 bits per heavy atom. The van der Waals surface area contributed by atoms with E-state index >= 15 is 0 Å². The Balaban J connectivity index is 1.34. The molecule has 31 heavy (non-hydrogen) atoms. The summed E-state index contributed by atoms with van der Waals surface area (Å²) in [6.07, 6.45) is 0. The topological polar surface area (TPSA) is 105 Å². The Kier molecular flexibility index (Phi) is 6.22. The summed E-state index contributed by atoms with van der Waals surface area (Å²) in [5, 5.41) is 12.9. The van der Waals surface area contributed by atoms with E-state index in [1.807, 2.05) is 43.3 Å². The van der Waals surface area contributed by atoms with E-state index in [2.05, 4.69) is 46.3 Å². The molecule has 0 saturated heterocycles. The maximum absolute atomic E-state index is 6.13. The van der Waals surface area contributed by atoms with Gasteiger partial charge in [0.1, 0.15) is 12.4 Å². The van der Waals surface area contributed by atoms with Gasteiger partial charge in [-0.2, -0.15) is 4.98 Å². The fourth-order valence-electron chi connectivity index (χ4n) is 2.86. The van der Waals surface area contributed by atoms with Gasteiger partial charge in [0.15, 0.2) is 11.6 Å². The van der Waals surface area contributed by atoms with Gasteiger partial charge in [0.05, 0.1) is 5.75 Å². The highest BCUT2D eigenvalue weighted by Gasteiger charge is 2.14. The smallest absolute Gasteiger partial charge is 0.257 e. The molecule has 2 aromatic carbocycles. The normalized spacial score (nSPS) is 11.2. The van der Waals surface area contributed by atoms with Crippen LogP contribution < -0.4 is 10.6 Å². The molecule has 0 aliphatic heterocycles. The van der Waals surface area contributed by atoms with Crippen molar-refractivity contribution in [2.45, 2.75) is 44.2 Å². The molecule has 9 heteroatoms. The zero-order valence-electron chi connectivity index (χ0n) is 17.6. The molecule has 0 unspecified atom stereocenters. The van der Waals surface area contributed by atoms with E-state index in [9.17, 15) is 0 Å². The van der Waals surface area contributed by atoms with Gasteiger partial charge in [-0.05, 0) is 42.7 Å². The third-order valence-electron chi connectivity index (χ3n) is 4.75. The molecule has 4 aromatic rings. The Hall–Kier alpha value is -3.33. The molecule has 2 aromatic heterocycles. The summed E-state index contributed by atoms with van der Waals surface area (Å²) in [5.74, 6) is 9.42. The first-order chi connectivity index (χ1) is 15.0. The Morgan fingerprint density at radius 2 is 1.81 bits per heavy atom. The Morgan fingerprint density at radius 3 is 2.52 bits per heavy atom. The summed E-state index contributed by atoms with van der Waals surface area (Å²) < 4.78 is 12.6. The van der Waals surface area contributed by atoms with Crippen LogP contribution in [0.4, 0.5) is 0 Å². The number of nitrogens with zero attached hydrogens (tertiary/aromatic N) is 5. The van der Waals surface area contributed by atoms with E-state index in [0.29, 0.717) is 34.4 Å². The third-order valence-corrected chi connectivity index (χ3v) is 5.69. The van der Waals surface area contributed by atoms with Crippen LogP contribution in [0, 0.1) is 6.92 Å². The summed E-state index contributed by atoms with van der Waals surface area (Å²) in [6, 6.07) is 15.9. The van der Waals surface area contributed by atoms with E-state index in [0.717, 1.165) is 11.3 Å². The number of thioether (sulfide) groups is 1. The average Bonchev–Trinajstić information content (AvgIpc) is 3.38. The summed E-state index contributed by atoms with van der Waals surface area (Å²) in [6.45, 7) is 6.57. The fraction of sp³-hybridized carbons (Fsp3) is 0.273. The zero-order valence-corrected chi connectivity index (χ0v) is 18.5. The molecule has 0 aliphatic carbocycles. The van der Waals surface area contributed by atoms with Crippen molar-refractivity contribution in [3.8, 4) is 17.2 Å². The number of hydrogen-bond acceptors (Lipinski definition) is 8. The zero-order chi connectivity index (χ0) is 21.8. The number of benzene rings is 2. The lowest BCUT2D eigenvalue weighted by Crippen LogP contribution is -2.15. The summed E-state index contributed by atoms with van der Waals surface area (Å²) in [4.78, 5) is 4.44. The van der Waals surface area contributed by atoms with E-state index in [1.165, 1.54) is 27.6 Å². The second-order valence-corrected chi connectivity index (χ2v) is 8.39. The van der Waals surface area contributed by atoms with Crippen LogP contribution in [0.5, 0.6) is 5.75 Å². The van der Waals surface area contributed by atoms with Crippen LogP contribution in [0.3, 0.4) is 0 Å². The molecule has 0 bridgehead atoms. The molecule has 0 amide bonds. The van der Waals surface area contributed by atoms with Crippen molar-refractivity contribution in [2.75, 3.05) is 5.84 Å². The van der Waals surface area contributed by atoms with Crippen LogP contribution in [0.25, 0.3) is 11.5 Å². The standard InChI is InChI=1S/C22H24N6O2S/c1-14(2)16-8-10-18(11-9-16)29-12-20-25-26-22(28(20)23)31-13-19-24-21(30-27-19)17-6-4-15(3)5-7-17/h4-11,14H,12-13,23H2,1-3H3. The quantitative estimate of drug-likeness (QED) is 0.321. The van der Waals surface area contributed by atoms with Gasteiger partial charge in [-0.25, -0.2) is 4.68 Å². The van der Waals surface area contributed by atoms with Gasteiger partial charge < -0.3 is 15.1 Å². The van der Waals surface area contributed by atoms with E-state index in [1.54, 1.807) is 0 Å². The number of ether oxygens (including phenoxy) is 1. The maximum atomic E-state index is 6.13. The second kappa shape index (κ2) is 9.22. The van der Waals surface area contributed by atoms with Crippen LogP contribution in [0.2, 0.25) is 0 Å². The summed E-state index contributed by atoms with van der Waals surface area (Å²) in [5.41, 5.74) is 3.32. The highest BCUT2D eigenvalue weighted by atomic mass is 32.2. The number of nitrogens with two attached hydrogens (primary N) is 1. The Labute approximate surface area is 184 Å². The molecule has 2 N–H and O–H groups in total. The predicted molar refractivity (Wildman–Crippen MR) is 119 cm³/mol. The van der Waals surface area contributed by atoms with E-state index in [4.69, 9.17) is 15.1 Å². The van der Waals surface area contributed by atoms with Crippen molar-refractivity contribution in [1.82, 2.24) is 25.0 Å². The molecule has 0 aliphatic rings. The van der Waals surface area contributed by atoms with Crippen molar-refractivity contribution in [3.63, 3.8) is 0 Å². The summed E-state index contributed by atoms with van der Waals surface area (Å²) >= 11 is 1.38. The number of aryl methyl sites for hydroxylation is 1. The molecule has 0 spiro atoms. The molecule has 4 rings (SSSR count). The molecular formula is C22H24N6O2S. The minimum Gasteiger partial charge on any atom is -0.486 e. The van der Waals surface area contributed by atoms with Gasteiger partial charge in [-0.1, -0.05) is 60.6 Å². The fourth-order valence-corrected chi connectivity index (χ4v) is 3.57. The van der Waals surface area contributed by atoms with Crippen molar-refractivity contribution < 1.29 is 9.26 Å². The van der Waals surface area contributed by atoms with Gasteiger partial charge >= 0.3 is 0 Å². The second-order valence-electron chi connectivity index (χ2n) is 7.45. The van der Waals surface area contributed by atoms with Crippen molar-refractivity contribution >= 4 is 11.8 Å². The molecule has 0 atom stereocenters. The minimum atomic E-state index is 0.227. The Bertz CT molecular complexity index is 1140. The highest BCUT2D eigenvalue weighted by molar-refractivity contribution is 7.98.